The molecule has 3 aromatic rings. The molecule has 4 heteroatoms. The van der Waals surface area contributed by atoms with Crippen LogP contribution in [-0.4, -0.2) is 17.0 Å². The zero-order chi connectivity index (χ0) is 12.5. The van der Waals surface area contributed by atoms with Crippen LogP contribution >= 0.6 is 0 Å². The summed E-state index contributed by atoms with van der Waals surface area (Å²) < 4.78 is 0. The molecule has 3 rings (SSSR count). The molecule has 0 unspecified atom stereocenters. The van der Waals surface area contributed by atoms with E-state index in [0.29, 0.717) is 0 Å². The van der Waals surface area contributed by atoms with Crippen LogP contribution in [0.1, 0.15) is 0 Å². The van der Waals surface area contributed by atoms with Gasteiger partial charge in [0.05, 0.1) is 11.0 Å². The lowest BCUT2D eigenvalue weighted by atomic mass is 10.2. The molecule has 18 heavy (non-hydrogen) atoms. The first-order valence-corrected chi connectivity index (χ1v) is 5.80. The fourth-order valence-corrected chi connectivity index (χ4v) is 1.94. The summed E-state index contributed by atoms with van der Waals surface area (Å²) in [6.07, 6.45) is 0. The van der Waals surface area contributed by atoms with Crippen molar-refractivity contribution < 1.29 is 0 Å². The lowest BCUT2D eigenvalue weighted by molar-refractivity contribution is 1.34. The number of nitrogens with one attached hydrogen (secondary N) is 2. The van der Waals surface area contributed by atoms with Crippen LogP contribution in [0.2, 0.25) is 0 Å². The Kier molecular flexibility index (Phi) is 2.41. The molecule has 90 valence electrons. The number of aromatic amines is 1. The smallest absolute Gasteiger partial charge is 0.138 e. The number of hydrogen-bond donors (Lipinski definition) is 3. The molecule has 0 amide bonds. The molecular weight excluding hydrogens is 224 g/mol. The van der Waals surface area contributed by atoms with Gasteiger partial charge in [0.15, 0.2) is 0 Å². The van der Waals surface area contributed by atoms with E-state index in [1.807, 2.05) is 49.5 Å². The van der Waals surface area contributed by atoms with Crippen LogP contribution in [0.4, 0.5) is 11.4 Å². The Hall–Kier alpha value is -2.49. The second-order valence-corrected chi connectivity index (χ2v) is 4.19. The Labute approximate surface area is 105 Å². The first-order valence-electron chi connectivity index (χ1n) is 5.80. The van der Waals surface area contributed by atoms with Crippen molar-refractivity contribution in [2.75, 3.05) is 18.1 Å². The summed E-state index contributed by atoms with van der Waals surface area (Å²) in [5, 5.41) is 3.11. The number of imidazole rings is 1. The molecule has 1 heterocycles. The summed E-state index contributed by atoms with van der Waals surface area (Å²) in [6.45, 7) is 0. The van der Waals surface area contributed by atoms with Gasteiger partial charge >= 0.3 is 0 Å². The van der Waals surface area contributed by atoms with Crippen LogP contribution in [0.5, 0.6) is 0 Å². The van der Waals surface area contributed by atoms with Gasteiger partial charge in [0.2, 0.25) is 0 Å². The number of aromatic nitrogens is 2. The third-order valence-electron chi connectivity index (χ3n) is 2.95. The predicted octanol–water partition coefficient (Wildman–Crippen LogP) is 2.85. The molecule has 0 aliphatic heterocycles. The summed E-state index contributed by atoms with van der Waals surface area (Å²) in [5.41, 5.74) is 10.5. The largest absolute Gasteiger partial charge is 0.399 e. The monoisotopic (exact) mass is 238 g/mol. The molecule has 2 aromatic carbocycles. The van der Waals surface area contributed by atoms with Crippen molar-refractivity contribution in [2.45, 2.75) is 0 Å². The Balaban J connectivity index is 2.10. The highest BCUT2D eigenvalue weighted by molar-refractivity contribution is 5.82. The van der Waals surface area contributed by atoms with E-state index in [2.05, 4.69) is 15.3 Å². The highest BCUT2D eigenvalue weighted by atomic mass is 14.9. The van der Waals surface area contributed by atoms with E-state index in [-0.39, 0.29) is 0 Å². The standard InChI is InChI=1S/C14H14N4/c1-16-11-6-7-12-13(8-11)18-14(17-12)9-2-4-10(15)5-3-9/h2-8,16H,15H2,1H3,(H,17,18). The molecule has 0 saturated heterocycles. The Morgan fingerprint density at radius 2 is 1.89 bits per heavy atom. The first-order chi connectivity index (χ1) is 8.76. The van der Waals surface area contributed by atoms with Crippen molar-refractivity contribution in [3.05, 3.63) is 42.5 Å². The van der Waals surface area contributed by atoms with E-state index >= 15 is 0 Å². The zero-order valence-corrected chi connectivity index (χ0v) is 10.1. The maximum Gasteiger partial charge on any atom is 0.138 e. The highest BCUT2D eigenvalue weighted by Gasteiger charge is 2.05. The number of anilines is 2. The molecule has 0 fully saturated rings. The molecule has 1 aromatic heterocycles. The normalized spacial score (nSPS) is 10.7. The number of rotatable bonds is 2. The van der Waals surface area contributed by atoms with E-state index < -0.39 is 0 Å². The van der Waals surface area contributed by atoms with Crippen LogP contribution in [0.25, 0.3) is 22.4 Å². The summed E-state index contributed by atoms with van der Waals surface area (Å²) in [5.74, 6) is 0.859. The average Bonchev–Trinajstić information content (AvgIpc) is 2.82. The highest BCUT2D eigenvalue weighted by Crippen LogP contribution is 2.23. The summed E-state index contributed by atoms with van der Waals surface area (Å²) >= 11 is 0. The van der Waals surface area contributed by atoms with Crippen LogP contribution < -0.4 is 11.1 Å². The van der Waals surface area contributed by atoms with Crippen molar-refractivity contribution in [3.63, 3.8) is 0 Å². The predicted molar refractivity (Wildman–Crippen MR) is 75.5 cm³/mol. The Morgan fingerprint density at radius 3 is 2.61 bits per heavy atom. The Morgan fingerprint density at radius 1 is 1.11 bits per heavy atom. The molecule has 0 spiro atoms. The van der Waals surface area contributed by atoms with Gasteiger partial charge in [0, 0.05) is 24.0 Å². The number of fused-ring (bicyclic) bond motifs is 1. The Bertz CT molecular complexity index is 683. The molecule has 0 atom stereocenters. The second-order valence-electron chi connectivity index (χ2n) is 4.19. The first kappa shape index (κ1) is 10.7. The fourth-order valence-electron chi connectivity index (χ4n) is 1.94. The molecule has 0 radical (unpaired) electrons. The van der Waals surface area contributed by atoms with Gasteiger partial charge in [-0.2, -0.15) is 0 Å². The van der Waals surface area contributed by atoms with Crippen molar-refractivity contribution in [1.82, 2.24) is 9.97 Å². The minimum absolute atomic E-state index is 0.757. The number of benzene rings is 2. The van der Waals surface area contributed by atoms with Crippen LogP contribution in [0.3, 0.4) is 0 Å². The SMILES string of the molecule is CNc1ccc2nc(-c3ccc(N)cc3)[nH]c2c1. The third-order valence-corrected chi connectivity index (χ3v) is 2.95. The lowest BCUT2D eigenvalue weighted by Crippen LogP contribution is -1.86. The number of H-pyrrole nitrogens is 1. The summed E-state index contributed by atoms with van der Waals surface area (Å²) in [6, 6.07) is 13.7. The van der Waals surface area contributed by atoms with E-state index in [0.717, 1.165) is 33.8 Å². The number of nitrogen functional groups attached to an aromatic ring is 1. The fraction of sp³-hybridized carbons (Fsp3) is 0.0714. The molecule has 0 aliphatic rings. The second kappa shape index (κ2) is 4.07. The quantitative estimate of drug-likeness (QED) is 0.601. The molecular formula is C14H14N4. The van der Waals surface area contributed by atoms with Crippen molar-refractivity contribution >= 4 is 22.4 Å². The van der Waals surface area contributed by atoms with Crippen LogP contribution in [0.15, 0.2) is 42.5 Å². The van der Waals surface area contributed by atoms with Crippen LogP contribution in [0, 0.1) is 0 Å². The number of nitrogens with two attached hydrogens (primary N) is 1. The molecule has 0 aliphatic carbocycles. The van der Waals surface area contributed by atoms with E-state index in [9.17, 15) is 0 Å². The maximum absolute atomic E-state index is 5.68. The minimum atomic E-state index is 0.757. The van der Waals surface area contributed by atoms with Gasteiger partial charge in [0.25, 0.3) is 0 Å². The molecule has 0 bridgehead atoms. The molecule has 4 N–H and O–H groups in total. The van der Waals surface area contributed by atoms with Gasteiger partial charge in [-0.15, -0.1) is 0 Å². The number of nitrogens with zero attached hydrogens (tertiary/aromatic N) is 1. The molecule has 0 saturated carbocycles. The average molecular weight is 238 g/mol. The third kappa shape index (κ3) is 1.78. The van der Waals surface area contributed by atoms with E-state index in [1.54, 1.807) is 0 Å². The molecule has 4 nitrogen and oxygen atoms in total. The lowest BCUT2D eigenvalue weighted by Gasteiger charge is -1.97. The van der Waals surface area contributed by atoms with Crippen molar-refractivity contribution in [1.29, 1.82) is 0 Å². The van der Waals surface area contributed by atoms with Gasteiger partial charge in [-0.05, 0) is 42.5 Å². The zero-order valence-electron chi connectivity index (χ0n) is 10.1. The van der Waals surface area contributed by atoms with Gasteiger partial charge in [-0.25, -0.2) is 4.98 Å². The minimum Gasteiger partial charge on any atom is -0.399 e. The maximum atomic E-state index is 5.68. The van der Waals surface area contributed by atoms with Gasteiger partial charge in [-0.3, -0.25) is 0 Å². The topological polar surface area (TPSA) is 66.7 Å². The summed E-state index contributed by atoms with van der Waals surface area (Å²) in [7, 11) is 1.90. The van der Waals surface area contributed by atoms with Crippen molar-refractivity contribution in [3.8, 4) is 11.4 Å². The van der Waals surface area contributed by atoms with Gasteiger partial charge < -0.3 is 16.0 Å². The van der Waals surface area contributed by atoms with Gasteiger partial charge in [-0.1, -0.05) is 0 Å². The van der Waals surface area contributed by atoms with E-state index in [4.69, 9.17) is 5.73 Å². The summed E-state index contributed by atoms with van der Waals surface area (Å²) in [4.78, 5) is 7.88. The van der Waals surface area contributed by atoms with Crippen LogP contribution in [-0.2, 0) is 0 Å². The van der Waals surface area contributed by atoms with Gasteiger partial charge in [0.1, 0.15) is 5.82 Å². The van der Waals surface area contributed by atoms with E-state index in [1.165, 1.54) is 0 Å². The van der Waals surface area contributed by atoms with Crippen molar-refractivity contribution in [2.24, 2.45) is 0 Å². The number of hydrogen-bond acceptors (Lipinski definition) is 3.